The first kappa shape index (κ1) is 14.8. The van der Waals surface area contributed by atoms with Crippen LogP contribution in [0.2, 0.25) is 0 Å². The number of hydrogen-bond donors (Lipinski definition) is 1. The number of aromatic nitrogens is 7. The van der Waals surface area contributed by atoms with Crippen LogP contribution in [-0.2, 0) is 19.1 Å². The fourth-order valence-corrected chi connectivity index (χ4v) is 2.81. The molecule has 0 aromatic carbocycles. The van der Waals surface area contributed by atoms with Crippen LogP contribution in [0.15, 0.2) is 18.3 Å². The fraction of sp³-hybridized carbons (Fsp3) is 0.462. The second-order valence-electron chi connectivity index (χ2n) is 5.72. The predicted octanol–water partition coefficient (Wildman–Crippen LogP) is 1.41. The first-order valence-corrected chi connectivity index (χ1v) is 7.41. The highest BCUT2D eigenvalue weighted by molar-refractivity contribution is 5.42. The van der Waals surface area contributed by atoms with E-state index in [4.69, 9.17) is 0 Å². The average molecular weight is 338 g/mol. The maximum atomic E-state index is 12.7. The van der Waals surface area contributed by atoms with E-state index < -0.39 is 11.9 Å². The Kier molecular flexibility index (Phi) is 3.36. The zero-order valence-electron chi connectivity index (χ0n) is 12.4. The minimum absolute atomic E-state index is 0.194. The van der Waals surface area contributed by atoms with Crippen molar-refractivity contribution in [1.29, 1.82) is 0 Å². The van der Waals surface area contributed by atoms with Crippen molar-refractivity contribution in [1.82, 2.24) is 34.8 Å². The van der Waals surface area contributed by atoms with Gasteiger partial charge in [-0.2, -0.15) is 13.2 Å². The molecule has 0 unspecified atom stereocenters. The lowest BCUT2D eigenvalue weighted by Gasteiger charge is -2.24. The van der Waals surface area contributed by atoms with Crippen LogP contribution >= 0.6 is 0 Å². The normalized spacial score (nSPS) is 17.9. The molecule has 0 bridgehead atoms. The number of hydrogen-bond acceptors (Lipinski definition) is 6. The highest BCUT2D eigenvalue weighted by Gasteiger charge is 2.35. The number of anilines is 1. The topological polar surface area (TPSA) is 85.8 Å². The first-order chi connectivity index (χ1) is 11.5. The van der Waals surface area contributed by atoms with Crippen LogP contribution in [0.5, 0.6) is 0 Å². The Morgan fingerprint density at radius 1 is 1.29 bits per heavy atom. The van der Waals surface area contributed by atoms with Crippen molar-refractivity contribution in [2.75, 3.05) is 11.9 Å². The smallest absolute Gasteiger partial charge is 0.368 e. The van der Waals surface area contributed by atoms with Crippen LogP contribution < -0.4 is 5.32 Å². The summed E-state index contributed by atoms with van der Waals surface area (Å²) in [4.78, 5) is 3.68. The maximum absolute atomic E-state index is 12.7. The van der Waals surface area contributed by atoms with Crippen molar-refractivity contribution in [2.24, 2.45) is 5.92 Å². The van der Waals surface area contributed by atoms with Crippen LogP contribution in [0, 0.1) is 5.92 Å². The van der Waals surface area contributed by atoms with Crippen LogP contribution in [-0.4, -0.2) is 41.4 Å². The summed E-state index contributed by atoms with van der Waals surface area (Å²) in [6.07, 6.45) is -2.01. The number of tetrazole rings is 1. The molecule has 0 radical (unpaired) electrons. The lowest BCUT2D eigenvalue weighted by molar-refractivity contribution is -0.141. The van der Waals surface area contributed by atoms with Gasteiger partial charge in [0.2, 0.25) is 0 Å². The second kappa shape index (κ2) is 5.42. The molecule has 1 atom stereocenters. The molecule has 3 aromatic heterocycles. The molecular weight excluding hydrogens is 325 g/mol. The molecule has 0 amide bonds. The van der Waals surface area contributed by atoms with Crippen molar-refractivity contribution >= 4 is 11.5 Å². The largest absolute Gasteiger partial charge is 0.434 e. The average Bonchev–Trinajstić information content (AvgIpc) is 3.17. The third-order valence-electron chi connectivity index (χ3n) is 4.02. The van der Waals surface area contributed by atoms with Gasteiger partial charge in [0.05, 0.1) is 0 Å². The molecule has 1 aliphatic heterocycles. The summed E-state index contributed by atoms with van der Waals surface area (Å²) >= 11 is 0. The van der Waals surface area contributed by atoms with Gasteiger partial charge in [-0.15, -0.1) is 14.8 Å². The van der Waals surface area contributed by atoms with Gasteiger partial charge >= 0.3 is 6.18 Å². The molecular formula is C13H13F3N8. The number of nitrogens with zero attached hydrogens (tertiary/aromatic N) is 7. The van der Waals surface area contributed by atoms with Crippen molar-refractivity contribution in [3.8, 4) is 0 Å². The molecule has 0 spiro atoms. The Morgan fingerprint density at radius 3 is 3.00 bits per heavy atom. The van der Waals surface area contributed by atoms with Gasteiger partial charge in [-0.1, -0.05) is 0 Å². The third-order valence-corrected chi connectivity index (χ3v) is 4.02. The van der Waals surface area contributed by atoms with E-state index in [1.54, 1.807) is 16.7 Å². The van der Waals surface area contributed by atoms with E-state index in [0.717, 1.165) is 12.6 Å². The third kappa shape index (κ3) is 2.76. The standard InChI is InChI=1S/C13H13F3N8/c14-13(15,16)9-7-23-6-8(1-3-11(23)18-9)5-17-10-2-4-12-19-21-22-24(12)20-10/h2,4,7-8H,1,3,5-6H2,(H,17,20)/t8-/m1/s1. The number of nitrogens with one attached hydrogen (secondary N) is 1. The summed E-state index contributed by atoms with van der Waals surface area (Å²) in [5.74, 6) is 1.30. The minimum atomic E-state index is -4.40. The summed E-state index contributed by atoms with van der Waals surface area (Å²) in [6, 6.07) is 3.50. The molecule has 0 aliphatic carbocycles. The Balaban J connectivity index is 1.42. The van der Waals surface area contributed by atoms with Gasteiger partial charge in [0.1, 0.15) is 11.6 Å². The Bertz CT molecular complexity index is 868. The molecule has 24 heavy (non-hydrogen) atoms. The van der Waals surface area contributed by atoms with E-state index in [0.29, 0.717) is 36.8 Å². The van der Waals surface area contributed by atoms with Gasteiger partial charge in [0.25, 0.3) is 0 Å². The molecule has 126 valence electrons. The van der Waals surface area contributed by atoms with Crippen LogP contribution in [0.25, 0.3) is 5.65 Å². The number of fused-ring (bicyclic) bond motifs is 2. The summed E-state index contributed by atoms with van der Waals surface area (Å²) in [6.45, 7) is 1.10. The van der Waals surface area contributed by atoms with E-state index in [-0.39, 0.29) is 5.92 Å². The van der Waals surface area contributed by atoms with E-state index in [2.05, 4.69) is 30.9 Å². The predicted molar refractivity (Wildman–Crippen MR) is 76.1 cm³/mol. The van der Waals surface area contributed by atoms with Gasteiger partial charge in [0, 0.05) is 25.7 Å². The van der Waals surface area contributed by atoms with Gasteiger partial charge in [0.15, 0.2) is 11.3 Å². The molecule has 8 nitrogen and oxygen atoms in total. The fourth-order valence-electron chi connectivity index (χ4n) is 2.81. The Hall–Kier alpha value is -2.72. The number of imidazole rings is 1. The van der Waals surface area contributed by atoms with Crippen molar-refractivity contribution in [3.05, 3.63) is 29.8 Å². The van der Waals surface area contributed by atoms with Gasteiger partial charge in [-0.05, 0) is 34.9 Å². The van der Waals surface area contributed by atoms with Gasteiger partial charge < -0.3 is 9.88 Å². The van der Waals surface area contributed by atoms with Crippen molar-refractivity contribution < 1.29 is 13.2 Å². The lowest BCUT2D eigenvalue weighted by atomic mass is 9.99. The van der Waals surface area contributed by atoms with Gasteiger partial charge in [-0.3, -0.25) is 0 Å². The SMILES string of the molecule is FC(F)(F)c1cn2c(n1)CC[C@H](CNc1ccc3nnnn3n1)C2. The summed E-state index contributed by atoms with van der Waals surface area (Å²) in [5.41, 5.74) is -0.280. The number of aryl methyl sites for hydroxylation is 1. The monoisotopic (exact) mass is 338 g/mol. The van der Waals surface area contributed by atoms with E-state index in [1.807, 2.05) is 0 Å². The van der Waals surface area contributed by atoms with E-state index in [1.165, 1.54) is 4.63 Å². The van der Waals surface area contributed by atoms with Crippen LogP contribution in [0.1, 0.15) is 17.9 Å². The highest BCUT2D eigenvalue weighted by atomic mass is 19.4. The van der Waals surface area contributed by atoms with Crippen LogP contribution in [0.4, 0.5) is 19.0 Å². The van der Waals surface area contributed by atoms with Crippen molar-refractivity contribution in [2.45, 2.75) is 25.6 Å². The molecule has 0 saturated carbocycles. The lowest BCUT2D eigenvalue weighted by Crippen LogP contribution is -2.26. The molecule has 3 aromatic rings. The Morgan fingerprint density at radius 2 is 2.17 bits per heavy atom. The quantitative estimate of drug-likeness (QED) is 0.777. The molecule has 0 saturated heterocycles. The van der Waals surface area contributed by atoms with E-state index in [9.17, 15) is 13.2 Å². The zero-order chi connectivity index (χ0) is 16.7. The number of alkyl halides is 3. The molecule has 1 N–H and O–H groups in total. The molecule has 0 fully saturated rings. The maximum Gasteiger partial charge on any atom is 0.434 e. The number of halogens is 3. The van der Waals surface area contributed by atoms with Gasteiger partial charge in [-0.25, -0.2) is 4.98 Å². The first-order valence-electron chi connectivity index (χ1n) is 7.41. The van der Waals surface area contributed by atoms with Crippen LogP contribution in [0.3, 0.4) is 0 Å². The summed E-state index contributed by atoms with van der Waals surface area (Å²) < 4.78 is 41.1. The summed E-state index contributed by atoms with van der Waals surface area (Å²) in [7, 11) is 0. The Labute approximate surface area is 133 Å². The highest BCUT2D eigenvalue weighted by Crippen LogP contribution is 2.30. The minimum Gasteiger partial charge on any atom is -0.368 e. The summed E-state index contributed by atoms with van der Waals surface area (Å²) in [5, 5.41) is 18.4. The second-order valence-corrected chi connectivity index (χ2v) is 5.72. The molecule has 11 heteroatoms. The van der Waals surface area contributed by atoms with Crippen molar-refractivity contribution in [3.63, 3.8) is 0 Å². The molecule has 4 rings (SSSR count). The zero-order valence-corrected chi connectivity index (χ0v) is 12.4. The molecule has 1 aliphatic rings. The molecule has 4 heterocycles. The number of rotatable bonds is 3. The van der Waals surface area contributed by atoms with E-state index >= 15 is 0 Å².